The first-order valence-electron chi connectivity index (χ1n) is 16.9. The topological polar surface area (TPSA) is 118 Å². The third kappa shape index (κ3) is 7.20. The number of carbonyl (C=O) groups is 1. The molecule has 0 saturated heterocycles. The number of carbonyl (C=O) groups excluding carboxylic acids is 1. The molecule has 3 aromatic heterocycles. The Hall–Kier alpha value is -6.44. The largest absolute Gasteiger partial charge is 0.494 e. The molecule has 14 heteroatoms. The summed E-state index contributed by atoms with van der Waals surface area (Å²) in [5, 5.41) is 23.5. The fraction of sp³-hybridized carbons (Fsp3) is 0.231. The lowest BCUT2D eigenvalue weighted by Crippen LogP contribution is -2.33. The second-order valence-corrected chi connectivity index (χ2v) is 12.9. The average molecular weight is 718 g/mol. The molecule has 12 nitrogen and oxygen atoms in total. The first-order valence-corrected chi connectivity index (χ1v) is 16.9. The average Bonchev–Trinajstić information content (AvgIpc) is 3.90. The zero-order chi connectivity index (χ0) is 37.2. The maximum absolute atomic E-state index is 15.2. The van der Waals surface area contributed by atoms with E-state index in [0.29, 0.717) is 17.0 Å². The molecule has 1 amide bonds. The van der Waals surface area contributed by atoms with Crippen LogP contribution < -0.4 is 14.4 Å². The van der Waals surface area contributed by atoms with Crippen molar-refractivity contribution >= 4 is 28.4 Å². The van der Waals surface area contributed by atoms with Crippen LogP contribution in [-0.4, -0.2) is 59.9 Å². The number of methoxy groups -OCH3 is 2. The van der Waals surface area contributed by atoms with Gasteiger partial charge < -0.3 is 9.47 Å². The molecule has 3 heterocycles. The van der Waals surface area contributed by atoms with Crippen LogP contribution in [0.2, 0.25) is 0 Å². The Morgan fingerprint density at radius 3 is 1.92 bits per heavy atom. The molecule has 0 saturated carbocycles. The predicted molar refractivity (Wildman–Crippen MR) is 194 cm³/mol. The first-order chi connectivity index (χ1) is 25.6. The summed E-state index contributed by atoms with van der Waals surface area (Å²) in [6, 6.07) is 22.9. The number of hydrogen-bond acceptors (Lipinski definition) is 8. The van der Waals surface area contributed by atoms with Gasteiger partial charge in [0, 0.05) is 12.4 Å². The van der Waals surface area contributed by atoms with E-state index < -0.39 is 17.6 Å². The number of benzene rings is 4. The maximum atomic E-state index is 15.2. The molecule has 0 aliphatic rings. The summed E-state index contributed by atoms with van der Waals surface area (Å²) in [4.78, 5) is 19.4. The molecular formula is C39H37F2N9O3. The minimum Gasteiger partial charge on any atom is -0.494 e. The Labute approximate surface area is 304 Å². The molecule has 0 fully saturated rings. The summed E-state index contributed by atoms with van der Waals surface area (Å²) in [6.07, 6.45) is 4.70. The number of hydrogen-bond donors (Lipinski definition) is 0. The van der Waals surface area contributed by atoms with E-state index in [4.69, 9.17) is 9.47 Å². The van der Waals surface area contributed by atoms with E-state index in [2.05, 4.69) is 39.3 Å². The Balaban J connectivity index is 1.31. The minimum absolute atomic E-state index is 0.0944. The van der Waals surface area contributed by atoms with Gasteiger partial charge in [-0.3, -0.25) is 9.48 Å². The fourth-order valence-electron chi connectivity index (χ4n) is 6.26. The van der Waals surface area contributed by atoms with Crippen LogP contribution in [0, 0.1) is 11.6 Å². The van der Waals surface area contributed by atoms with Crippen molar-refractivity contribution < 1.29 is 23.0 Å². The van der Waals surface area contributed by atoms with Gasteiger partial charge in [0.1, 0.15) is 0 Å². The van der Waals surface area contributed by atoms with Gasteiger partial charge >= 0.3 is 0 Å². The van der Waals surface area contributed by atoms with Gasteiger partial charge in [-0.25, -0.2) is 13.7 Å². The van der Waals surface area contributed by atoms with Crippen molar-refractivity contribution in [3.05, 3.63) is 137 Å². The molecule has 0 spiro atoms. The van der Waals surface area contributed by atoms with Crippen LogP contribution >= 0.6 is 0 Å². The highest BCUT2D eigenvalue weighted by Gasteiger charge is 2.33. The Kier molecular flexibility index (Phi) is 9.68. The third-order valence-electron chi connectivity index (χ3n) is 9.09. The number of anilines is 2. The number of rotatable bonds is 12. The van der Waals surface area contributed by atoms with Crippen molar-refractivity contribution in [1.29, 1.82) is 0 Å². The van der Waals surface area contributed by atoms with Crippen LogP contribution in [-0.2, 0) is 24.9 Å². The number of ether oxygens (including phenoxy) is 2. The zero-order valence-electron chi connectivity index (χ0n) is 29.8. The Bertz CT molecular complexity index is 2400. The lowest BCUT2D eigenvalue weighted by atomic mass is 9.88. The summed E-state index contributed by atoms with van der Waals surface area (Å²) < 4.78 is 40.7. The molecular weight excluding hydrogens is 680 g/mol. The highest BCUT2D eigenvalue weighted by atomic mass is 19.1. The molecule has 0 N–H and O–H groups in total. The van der Waals surface area contributed by atoms with Crippen LogP contribution in [0.1, 0.15) is 53.5 Å². The third-order valence-corrected chi connectivity index (χ3v) is 9.09. The standard InChI is InChI=1S/C39H37F2N9O3/c1-24(2)27-8-10-28(11-9-27)38(29-12-14-33-30(18-29)19-42-47(33)3)39(51)50(36-20-43-48(45-36)22-25-7-15-34(52-4)32(41)16-25)37-21-44-49(46-37)23-26-6-13-31(40)35(17-26)53-5/h6-21,24,38H,22-23H2,1-5H3. The van der Waals surface area contributed by atoms with Gasteiger partial charge in [0.05, 0.1) is 57.3 Å². The molecule has 53 heavy (non-hydrogen) atoms. The van der Waals surface area contributed by atoms with Crippen molar-refractivity contribution in [1.82, 2.24) is 39.8 Å². The molecule has 4 aromatic carbocycles. The van der Waals surface area contributed by atoms with Crippen molar-refractivity contribution in [3.63, 3.8) is 0 Å². The summed E-state index contributed by atoms with van der Waals surface area (Å²) in [6.45, 7) is 4.53. The summed E-state index contributed by atoms with van der Waals surface area (Å²) >= 11 is 0. The number of halogens is 2. The second-order valence-electron chi connectivity index (χ2n) is 12.9. The van der Waals surface area contributed by atoms with Crippen molar-refractivity contribution in [3.8, 4) is 11.5 Å². The SMILES string of the molecule is COc1ccc(Cn2ncc(N(C(=O)C(c3ccc(C(C)C)cc3)c3ccc4c(cnn4C)c3)c3cnn(Cc4ccc(F)c(OC)c4)n3)n2)cc1F. The molecule has 1 unspecified atom stereocenters. The van der Waals surface area contributed by atoms with Gasteiger partial charge in [-0.05, 0) is 70.1 Å². The van der Waals surface area contributed by atoms with E-state index in [-0.39, 0.29) is 42.1 Å². The van der Waals surface area contributed by atoms with E-state index in [1.54, 1.807) is 29.1 Å². The Morgan fingerprint density at radius 1 is 0.698 bits per heavy atom. The molecule has 270 valence electrons. The second kappa shape index (κ2) is 14.7. The molecule has 0 bridgehead atoms. The van der Waals surface area contributed by atoms with Gasteiger partial charge in [0.15, 0.2) is 34.8 Å². The van der Waals surface area contributed by atoms with E-state index in [1.807, 2.05) is 49.5 Å². The van der Waals surface area contributed by atoms with Crippen LogP contribution in [0.3, 0.4) is 0 Å². The summed E-state index contributed by atoms with van der Waals surface area (Å²) in [7, 11) is 4.66. The number of aryl methyl sites for hydroxylation is 1. The Morgan fingerprint density at radius 2 is 1.30 bits per heavy atom. The summed E-state index contributed by atoms with van der Waals surface area (Å²) in [5.41, 5.74) is 4.85. The first kappa shape index (κ1) is 35.0. The predicted octanol–water partition coefficient (Wildman–Crippen LogP) is 6.77. The quantitative estimate of drug-likeness (QED) is 0.136. The molecule has 7 aromatic rings. The summed E-state index contributed by atoms with van der Waals surface area (Å²) in [5.74, 6) is -1.26. The van der Waals surface area contributed by atoms with E-state index in [0.717, 1.165) is 27.6 Å². The minimum atomic E-state index is -0.798. The van der Waals surface area contributed by atoms with Crippen molar-refractivity contribution in [2.45, 2.75) is 38.8 Å². The number of nitrogens with zero attached hydrogens (tertiary/aromatic N) is 9. The monoisotopic (exact) mass is 717 g/mol. The van der Waals surface area contributed by atoms with Gasteiger partial charge in [0.2, 0.25) is 5.91 Å². The molecule has 1 atom stereocenters. The van der Waals surface area contributed by atoms with Crippen LogP contribution in [0.25, 0.3) is 10.9 Å². The van der Waals surface area contributed by atoms with E-state index in [9.17, 15) is 8.78 Å². The van der Waals surface area contributed by atoms with Gasteiger partial charge in [-0.2, -0.15) is 24.9 Å². The lowest BCUT2D eigenvalue weighted by molar-refractivity contribution is -0.118. The number of amides is 1. The molecule has 7 rings (SSSR count). The number of aromatic nitrogens is 8. The maximum Gasteiger partial charge on any atom is 0.246 e. The highest BCUT2D eigenvalue weighted by molar-refractivity contribution is 6.04. The zero-order valence-corrected chi connectivity index (χ0v) is 29.8. The van der Waals surface area contributed by atoms with Crippen LogP contribution in [0.5, 0.6) is 11.5 Å². The van der Waals surface area contributed by atoms with Crippen molar-refractivity contribution in [2.75, 3.05) is 19.1 Å². The van der Waals surface area contributed by atoms with E-state index in [1.165, 1.54) is 59.3 Å². The van der Waals surface area contributed by atoms with Gasteiger partial charge in [-0.1, -0.05) is 56.3 Å². The molecule has 0 aliphatic carbocycles. The highest BCUT2D eigenvalue weighted by Crippen LogP contribution is 2.34. The van der Waals surface area contributed by atoms with Crippen LogP contribution in [0.4, 0.5) is 20.4 Å². The smallest absolute Gasteiger partial charge is 0.246 e. The lowest BCUT2D eigenvalue weighted by Gasteiger charge is -2.25. The molecule has 0 aliphatic heterocycles. The molecule has 0 radical (unpaired) electrons. The van der Waals surface area contributed by atoms with Gasteiger partial charge in [-0.15, -0.1) is 10.2 Å². The normalized spacial score (nSPS) is 12.0. The fourth-order valence-corrected chi connectivity index (χ4v) is 6.26. The van der Waals surface area contributed by atoms with E-state index >= 15 is 4.79 Å². The van der Waals surface area contributed by atoms with Crippen molar-refractivity contribution in [2.24, 2.45) is 7.05 Å². The number of fused-ring (bicyclic) bond motifs is 1. The van der Waals surface area contributed by atoms with Gasteiger partial charge in [0.25, 0.3) is 0 Å². The van der Waals surface area contributed by atoms with Crippen LogP contribution in [0.15, 0.2) is 97.5 Å².